The van der Waals surface area contributed by atoms with Crippen LogP contribution < -0.4 is 0 Å². The van der Waals surface area contributed by atoms with Crippen molar-refractivity contribution in [1.82, 2.24) is 9.80 Å². The zero-order valence-corrected chi connectivity index (χ0v) is 21.0. The Morgan fingerprint density at radius 2 is 0.966 bits per heavy atom. The Morgan fingerprint density at radius 1 is 0.690 bits per heavy atom. The molecule has 0 unspecified atom stereocenters. The molecule has 0 heterocycles. The second-order valence-electron chi connectivity index (χ2n) is 8.03. The Morgan fingerprint density at radius 3 is 1.21 bits per heavy atom. The fourth-order valence-corrected chi connectivity index (χ4v) is 4.27. The van der Waals surface area contributed by atoms with E-state index in [4.69, 9.17) is 46.4 Å². The molecule has 0 fully saturated rings. The van der Waals surface area contributed by atoms with E-state index in [1.165, 1.54) is 0 Å². The van der Waals surface area contributed by atoms with Crippen molar-refractivity contribution >= 4 is 46.4 Å². The number of rotatable bonds is 12. The molecule has 0 radical (unpaired) electrons. The molecular weight excluding hydrogens is 454 g/mol. The molecule has 4 atom stereocenters. The van der Waals surface area contributed by atoms with Crippen LogP contribution in [0.3, 0.4) is 0 Å². The molecule has 29 heavy (non-hydrogen) atoms. The molecule has 0 aromatic heterocycles. The third-order valence-corrected chi connectivity index (χ3v) is 5.05. The van der Waals surface area contributed by atoms with E-state index in [1.807, 2.05) is 33.8 Å². The van der Waals surface area contributed by atoms with E-state index in [-0.39, 0.29) is 33.0 Å². The Bertz CT molecular complexity index is 569. The highest BCUT2D eigenvalue weighted by Gasteiger charge is 2.21. The summed E-state index contributed by atoms with van der Waals surface area (Å²) in [6, 6.07) is 1.85. The van der Waals surface area contributed by atoms with Gasteiger partial charge in [0.25, 0.3) is 0 Å². The number of hydrogen-bond donors (Lipinski definition) is 2. The number of phenolic OH excluding ortho intramolecular Hbond substituents is 2. The van der Waals surface area contributed by atoms with Gasteiger partial charge >= 0.3 is 0 Å². The smallest absolute Gasteiger partial charge is 0.126 e. The number of alkyl halides is 4. The average molecular weight is 488 g/mol. The SMILES string of the molecule is Cc1c(O)c(CN(C[C@H](C)Cl)C[C@H](C)Cl)cc(CN(C[C@@H](C)Cl)C[C@@H](C)Cl)c1O. The third kappa shape index (κ3) is 9.71. The number of aromatic hydroxyl groups is 2. The van der Waals surface area contributed by atoms with Crippen LogP contribution >= 0.6 is 46.4 Å². The lowest BCUT2D eigenvalue weighted by Gasteiger charge is -2.28. The fourth-order valence-electron chi connectivity index (χ4n) is 3.49. The Labute approximate surface area is 195 Å². The standard InChI is InChI=1S/C21H34Cl4N2O2/c1-13(22)7-26(8-14(2)23)11-18-6-19(21(29)17(5)20(18)28)12-27(9-15(3)24)10-16(4)25/h6,13-16,28-29H,7-12H2,1-5H3/t13-,14-,15+,16+. The Kier molecular flexibility index (Phi) is 11.8. The highest BCUT2D eigenvalue weighted by Crippen LogP contribution is 2.35. The summed E-state index contributed by atoms with van der Waals surface area (Å²) in [5.41, 5.74) is 1.94. The first-order valence-electron chi connectivity index (χ1n) is 9.94. The summed E-state index contributed by atoms with van der Waals surface area (Å²) in [6.45, 7) is 13.0. The maximum absolute atomic E-state index is 10.6. The van der Waals surface area contributed by atoms with E-state index in [1.54, 1.807) is 6.92 Å². The van der Waals surface area contributed by atoms with Crippen molar-refractivity contribution in [2.24, 2.45) is 0 Å². The van der Waals surface area contributed by atoms with Gasteiger partial charge in [0.05, 0.1) is 0 Å². The monoisotopic (exact) mass is 486 g/mol. The van der Waals surface area contributed by atoms with E-state index in [0.717, 1.165) is 11.1 Å². The van der Waals surface area contributed by atoms with Crippen LogP contribution in [-0.2, 0) is 13.1 Å². The second kappa shape index (κ2) is 12.7. The first-order valence-corrected chi connectivity index (χ1v) is 11.7. The van der Waals surface area contributed by atoms with Gasteiger partial charge in [0.1, 0.15) is 11.5 Å². The average Bonchev–Trinajstić information content (AvgIpc) is 2.54. The lowest BCUT2D eigenvalue weighted by Crippen LogP contribution is -2.34. The summed E-state index contributed by atoms with van der Waals surface area (Å²) in [5, 5.41) is 21.1. The van der Waals surface area contributed by atoms with Crippen molar-refractivity contribution in [3.63, 3.8) is 0 Å². The van der Waals surface area contributed by atoms with Crippen LogP contribution in [0.25, 0.3) is 0 Å². The van der Waals surface area contributed by atoms with Crippen LogP contribution in [-0.4, -0.2) is 67.7 Å². The van der Waals surface area contributed by atoms with Crippen LogP contribution in [0.2, 0.25) is 0 Å². The summed E-state index contributed by atoms with van der Waals surface area (Å²) in [4.78, 5) is 4.23. The van der Waals surface area contributed by atoms with Crippen LogP contribution in [0.15, 0.2) is 6.07 Å². The molecule has 0 saturated carbocycles. The van der Waals surface area contributed by atoms with Crippen molar-refractivity contribution in [3.8, 4) is 11.5 Å². The number of benzene rings is 1. The lowest BCUT2D eigenvalue weighted by atomic mass is 10.0. The van der Waals surface area contributed by atoms with Crippen LogP contribution in [0.4, 0.5) is 0 Å². The first kappa shape index (κ1) is 26.9. The van der Waals surface area contributed by atoms with Crippen LogP contribution in [0.5, 0.6) is 11.5 Å². The van der Waals surface area contributed by atoms with Crippen molar-refractivity contribution in [2.45, 2.75) is 69.2 Å². The van der Waals surface area contributed by atoms with Gasteiger partial charge in [-0.05, 0) is 40.7 Å². The molecule has 0 aliphatic rings. The molecule has 0 aliphatic heterocycles. The zero-order valence-electron chi connectivity index (χ0n) is 17.9. The van der Waals surface area contributed by atoms with Crippen molar-refractivity contribution < 1.29 is 10.2 Å². The topological polar surface area (TPSA) is 46.9 Å². The molecule has 0 amide bonds. The predicted molar refractivity (Wildman–Crippen MR) is 126 cm³/mol. The van der Waals surface area contributed by atoms with Gasteiger partial charge in [-0.2, -0.15) is 0 Å². The van der Waals surface area contributed by atoms with Gasteiger partial charge in [-0.25, -0.2) is 0 Å². The maximum atomic E-state index is 10.6. The normalized spacial score (nSPS) is 16.2. The number of nitrogens with zero attached hydrogens (tertiary/aromatic N) is 2. The third-order valence-electron chi connectivity index (χ3n) is 4.49. The minimum atomic E-state index is -0.0452. The van der Waals surface area contributed by atoms with E-state index < -0.39 is 0 Å². The highest BCUT2D eigenvalue weighted by atomic mass is 35.5. The minimum absolute atomic E-state index is 0.0452. The van der Waals surface area contributed by atoms with Gasteiger partial charge < -0.3 is 10.2 Å². The summed E-state index contributed by atoms with van der Waals surface area (Å²) < 4.78 is 0. The van der Waals surface area contributed by atoms with Crippen LogP contribution in [0, 0.1) is 6.92 Å². The van der Waals surface area contributed by atoms with E-state index >= 15 is 0 Å². The summed E-state index contributed by atoms with van der Waals surface area (Å²) in [6.07, 6.45) is 0. The molecule has 0 aliphatic carbocycles. The lowest BCUT2D eigenvalue weighted by molar-refractivity contribution is 0.260. The quantitative estimate of drug-likeness (QED) is 0.381. The summed E-state index contributed by atoms with van der Waals surface area (Å²) in [7, 11) is 0. The zero-order chi connectivity index (χ0) is 22.3. The number of phenols is 2. The largest absolute Gasteiger partial charge is 0.507 e. The molecule has 0 bridgehead atoms. The molecule has 168 valence electrons. The predicted octanol–water partition coefficient (Wildman–Crippen LogP) is 5.52. The molecule has 2 N–H and O–H groups in total. The second-order valence-corrected chi connectivity index (χ2v) is 11.0. The molecule has 0 spiro atoms. The number of hydrogen-bond acceptors (Lipinski definition) is 4. The Hall–Kier alpha value is -0.100. The van der Waals surface area contributed by atoms with Gasteiger partial charge in [0.15, 0.2) is 0 Å². The molecule has 4 nitrogen and oxygen atoms in total. The van der Waals surface area contributed by atoms with E-state index in [0.29, 0.717) is 44.8 Å². The van der Waals surface area contributed by atoms with E-state index in [9.17, 15) is 10.2 Å². The van der Waals surface area contributed by atoms with E-state index in [2.05, 4.69) is 9.80 Å². The highest BCUT2D eigenvalue weighted by molar-refractivity contribution is 6.21. The first-order chi connectivity index (χ1) is 13.4. The van der Waals surface area contributed by atoms with Gasteiger partial charge in [-0.3, -0.25) is 9.80 Å². The van der Waals surface area contributed by atoms with Gasteiger partial charge in [-0.15, -0.1) is 46.4 Å². The molecular formula is C21H34Cl4N2O2. The minimum Gasteiger partial charge on any atom is -0.507 e. The fraction of sp³-hybridized carbons (Fsp3) is 0.714. The van der Waals surface area contributed by atoms with Crippen LogP contribution in [0.1, 0.15) is 44.4 Å². The van der Waals surface area contributed by atoms with Crippen molar-refractivity contribution in [2.75, 3.05) is 26.2 Å². The molecule has 8 heteroatoms. The molecule has 1 aromatic rings. The van der Waals surface area contributed by atoms with Crippen molar-refractivity contribution in [3.05, 3.63) is 22.8 Å². The van der Waals surface area contributed by atoms with Gasteiger partial charge in [-0.1, -0.05) is 0 Å². The molecule has 1 aromatic carbocycles. The van der Waals surface area contributed by atoms with Gasteiger partial charge in [0.2, 0.25) is 0 Å². The molecule has 0 saturated heterocycles. The molecule has 1 rings (SSSR count). The summed E-state index contributed by atoms with van der Waals surface area (Å²) in [5.74, 6) is 0.201. The van der Waals surface area contributed by atoms with Crippen molar-refractivity contribution in [1.29, 1.82) is 0 Å². The Balaban J connectivity index is 3.18. The summed E-state index contributed by atoms with van der Waals surface area (Å²) >= 11 is 24.8. The number of halogens is 4. The van der Waals surface area contributed by atoms with Gasteiger partial charge in [0, 0.05) is 77.5 Å². The maximum Gasteiger partial charge on any atom is 0.126 e.